The molecule has 1 aromatic rings. The average molecular weight is 219 g/mol. The highest BCUT2D eigenvalue weighted by Crippen LogP contribution is 2.19. The number of benzene rings is 1. The van der Waals surface area contributed by atoms with Gasteiger partial charge in [0, 0.05) is 19.7 Å². The summed E-state index contributed by atoms with van der Waals surface area (Å²) in [7, 11) is 0. The fourth-order valence-corrected chi connectivity index (χ4v) is 2.62. The normalized spacial score (nSPS) is 21.6. The topological polar surface area (TPSA) is 23.5 Å². The molecule has 1 aliphatic rings. The van der Waals surface area contributed by atoms with Gasteiger partial charge in [0.05, 0.1) is 0 Å². The maximum atomic E-state index is 9.11. The largest absolute Gasteiger partial charge is 0.396 e. The number of aliphatic hydroxyl groups is 1. The van der Waals surface area contributed by atoms with Crippen molar-refractivity contribution in [1.82, 2.24) is 4.90 Å². The minimum absolute atomic E-state index is 0.337. The van der Waals surface area contributed by atoms with Crippen LogP contribution in [0.15, 0.2) is 18.2 Å². The van der Waals surface area contributed by atoms with Gasteiger partial charge in [-0.2, -0.15) is 0 Å². The Bertz CT molecular complexity index is 342. The molecule has 0 radical (unpaired) electrons. The van der Waals surface area contributed by atoms with Crippen LogP contribution in [0.3, 0.4) is 0 Å². The summed E-state index contributed by atoms with van der Waals surface area (Å²) in [5, 5.41) is 9.11. The van der Waals surface area contributed by atoms with Crippen LogP contribution in [-0.4, -0.2) is 29.7 Å². The summed E-state index contributed by atoms with van der Waals surface area (Å²) in [5.41, 5.74) is 4.08. The molecule has 1 fully saturated rings. The molecule has 0 bridgehead atoms. The molecule has 1 heterocycles. The highest BCUT2D eigenvalue weighted by molar-refractivity contribution is 5.28. The highest BCUT2D eigenvalue weighted by atomic mass is 16.3. The zero-order chi connectivity index (χ0) is 11.5. The average Bonchev–Trinajstić information content (AvgIpc) is 2.64. The first-order valence-electron chi connectivity index (χ1n) is 6.08. The second kappa shape index (κ2) is 4.98. The van der Waals surface area contributed by atoms with E-state index in [0.29, 0.717) is 12.5 Å². The molecule has 1 N–H and O–H groups in total. The second-order valence-electron chi connectivity index (χ2n) is 5.07. The summed E-state index contributed by atoms with van der Waals surface area (Å²) in [6.45, 7) is 7.83. The summed E-state index contributed by atoms with van der Waals surface area (Å²) < 4.78 is 0. The number of hydrogen-bond acceptors (Lipinski definition) is 2. The van der Waals surface area contributed by atoms with Crippen molar-refractivity contribution in [2.75, 3.05) is 19.7 Å². The van der Waals surface area contributed by atoms with Crippen LogP contribution in [0.25, 0.3) is 0 Å². The zero-order valence-corrected chi connectivity index (χ0v) is 10.2. The van der Waals surface area contributed by atoms with Crippen molar-refractivity contribution in [3.05, 3.63) is 34.9 Å². The molecule has 0 aromatic heterocycles. The predicted octanol–water partition coefficient (Wildman–Crippen LogP) is 2.12. The van der Waals surface area contributed by atoms with Crippen molar-refractivity contribution in [1.29, 1.82) is 0 Å². The van der Waals surface area contributed by atoms with Crippen LogP contribution in [0.5, 0.6) is 0 Å². The molecular weight excluding hydrogens is 198 g/mol. The summed E-state index contributed by atoms with van der Waals surface area (Å²) in [4.78, 5) is 2.44. The van der Waals surface area contributed by atoms with Crippen LogP contribution in [-0.2, 0) is 6.54 Å². The number of rotatable bonds is 3. The lowest BCUT2D eigenvalue weighted by Gasteiger charge is -2.16. The Morgan fingerprint density at radius 2 is 1.94 bits per heavy atom. The molecule has 88 valence electrons. The van der Waals surface area contributed by atoms with E-state index in [1.807, 2.05) is 0 Å². The minimum Gasteiger partial charge on any atom is -0.396 e. The van der Waals surface area contributed by atoms with Gasteiger partial charge in [-0.1, -0.05) is 29.3 Å². The van der Waals surface area contributed by atoms with Crippen molar-refractivity contribution >= 4 is 0 Å². The van der Waals surface area contributed by atoms with Gasteiger partial charge in [-0.15, -0.1) is 0 Å². The summed E-state index contributed by atoms with van der Waals surface area (Å²) >= 11 is 0. The van der Waals surface area contributed by atoms with Gasteiger partial charge < -0.3 is 5.11 Å². The van der Waals surface area contributed by atoms with E-state index in [1.165, 1.54) is 16.7 Å². The molecule has 1 aliphatic heterocycles. The van der Waals surface area contributed by atoms with Gasteiger partial charge in [-0.25, -0.2) is 0 Å². The van der Waals surface area contributed by atoms with E-state index in [1.54, 1.807) is 0 Å². The van der Waals surface area contributed by atoms with Crippen molar-refractivity contribution in [2.45, 2.75) is 26.8 Å². The van der Waals surface area contributed by atoms with Gasteiger partial charge in [-0.05, 0) is 38.3 Å². The minimum atomic E-state index is 0.337. The standard InChI is InChI=1S/C14H21NO/c1-11-5-12(2)7-14(6-11)9-15-4-3-13(8-15)10-16/h5-7,13,16H,3-4,8-10H2,1-2H3. The first kappa shape index (κ1) is 11.6. The smallest absolute Gasteiger partial charge is 0.0471 e. The van der Waals surface area contributed by atoms with Gasteiger partial charge in [0.1, 0.15) is 0 Å². The van der Waals surface area contributed by atoms with Gasteiger partial charge in [0.15, 0.2) is 0 Å². The lowest BCUT2D eigenvalue weighted by atomic mass is 10.1. The van der Waals surface area contributed by atoms with Crippen molar-refractivity contribution in [3.63, 3.8) is 0 Å². The summed E-state index contributed by atoms with van der Waals surface area (Å²) in [5.74, 6) is 0.492. The molecule has 16 heavy (non-hydrogen) atoms. The van der Waals surface area contributed by atoms with Crippen molar-refractivity contribution in [2.24, 2.45) is 5.92 Å². The first-order chi connectivity index (χ1) is 7.67. The number of aryl methyl sites for hydroxylation is 2. The third-order valence-corrected chi connectivity index (χ3v) is 3.32. The Kier molecular flexibility index (Phi) is 3.62. The number of likely N-dealkylation sites (tertiary alicyclic amines) is 1. The van der Waals surface area contributed by atoms with E-state index in [-0.39, 0.29) is 0 Å². The maximum Gasteiger partial charge on any atom is 0.0471 e. The van der Waals surface area contributed by atoms with Crippen LogP contribution in [0.4, 0.5) is 0 Å². The first-order valence-corrected chi connectivity index (χ1v) is 6.08. The molecule has 0 saturated carbocycles. The molecule has 0 aliphatic carbocycles. The monoisotopic (exact) mass is 219 g/mol. The third kappa shape index (κ3) is 2.83. The van der Waals surface area contributed by atoms with Gasteiger partial charge in [0.2, 0.25) is 0 Å². The Labute approximate surface area is 97.9 Å². The molecule has 2 rings (SSSR count). The Balaban J connectivity index is 1.99. The molecule has 0 amide bonds. The van der Waals surface area contributed by atoms with Gasteiger partial charge in [0.25, 0.3) is 0 Å². The zero-order valence-electron chi connectivity index (χ0n) is 10.2. The van der Waals surface area contributed by atoms with Crippen molar-refractivity contribution in [3.8, 4) is 0 Å². The second-order valence-corrected chi connectivity index (χ2v) is 5.07. The molecule has 1 unspecified atom stereocenters. The van der Waals surface area contributed by atoms with E-state index in [2.05, 4.69) is 36.9 Å². The van der Waals surface area contributed by atoms with E-state index in [0.717, 1.165) is 26.1 Å². The van der Waals surface area contributed by atoms with Gasteiger partial charge in [-0.3, -0.25) is 4.90 Å². The van der Waals surface area contributed by atoms with Crippen LogP contribution in [0, 0.1) is 19.8 Å². The molecule has 2 heteroatoms. The Morgan fingerprint density at radius 3 is 2.50 bits per heavy atom. The Morgan fingerprint density at radius 1 is 1.25 bits per heavy atom. The van der Waals surface area contributed by atoms with E-state index < -0.39 is 0 Å². The van der Waals surface area contributed by atoms with Crippen LogP contribution < -0.4 is 0 Å². The summed E-state index contributed by atoms with van der Waals surface area (Å²) in [6, 6.07) is 6.74. The quantitative estimate of drug-likeness (QED) is 0.841. The number of hydrogen-bond donors (Lipinski definition) is 1. The fraction of sp³-hybridized carbons (Fsp3) is 0.571. The molecule has 1 aromatic carbocycles. The third-order valence-electron chi connectivity index (χ3n) is 3.32. The lowest BCUT2D eigenvalue weighted by molar-refractivity contribution is 0.220. The SMILES string of the molecule is Cc1cc(C)cc(CN2CCC(CO)C2)c1. The van der Waals surface area contributed by atoms with Crippen LogP contribution in [0.1, 0.15) is 23.1 Å². The van der Waals surface area contributed by atoms with E-state index in [4.69, 9.17) is 5.11 Å². The van der Waals surface area contributed by atoms with Crippen LogP contribution in [0.2, 0.25) is 0 Å². The van der Waals surface area contributed by atoms with E-state index >= 15 is 0 Å². The molecule has 1 saturated heterocycles. The fourth-order valence-electron chi connectivity index (χ4n) is 2.62. The Hall–Kier alpha value is -0.860. The molecule has 1 atom stereocenters. The van der Waals surface area contributed by atoms with Gasteiger partial charge >= 0.3 is 0 Å². The molecule has 2 nitrogen and oxygen atoms in total. The molecular formula is C14H21NO. The maximum absolute atomic E-state index is 9.11. The molecule has 0 spiro atoms. The predicted molar refractivity (Wildman–Crippen MR) is 66.4 cm³/mol. The van der Waals surface area contributed by atoms with E-state index in [9.17, 15) is 0 Å². The number of aliphatic hydroxyl groups excluding tert-OH is 1. The number of nitrogens with zero attached hydrogens (tertiary/aromatic N) is 1. The van der Waals surface area contributed by atoms with Crippen LogP contribution >= 0.6 is 0 Å². The van der Waals surface area contributed by atoms with Crippen molar-refractivity contribution < 1.29 is 5.11 Å². The summed E-state index contributed by atoms with van der Waals surface area (Å²) in [6.07, 6.45) is 1.14. The highest BCUT2D eigenvalue weighted by Gasteiger charge is 2.21. The lowest BCUT2D eigenvalue weighted by Crippen LogP contribution is -2.21.